The lowest BCUT2D eigenvalue weighted by Gasteiger charge is -2.63. The van der Waals surface area contributed by atoms with Gasteiger partial charge in [-0.1, -0.05) is 46.6 Å². The van der Waals surface area contributed by atoms with E-state index in [-0.39, 0.29) is 10.8 Å². The van der Waals surface area contributed by atoms with Gasteiger partial charge in [0.2, 0.25) is 0 Å². The average molecular weight is 322 g/mol. The third-order valence-electron chi connectivity index (χ3n) is 7.04. The summed E-state index contributed by atoms with van der Waals surface area (Å²) < 4.78 is 12.2. The zero-order valence-corrected chi connectivity index (χ0v) is 15.6. The number of fused-ring (bicyclic) bond motifs is 1. The van der Waals surface area contributed by atoms with E-state index in [9.17, 15) is 5.11 Å². The van der Waals surface area contributed by atoms with Crippen molar-refractivity contribution >= 4 is 0 Å². The Balaban J connectivity index is 2.05. The van der Waals surface area contributed by atoms with Crippen LogP contribution in [-0.2, 0) is 9.47 Å². The van der Waals surface area contributed by atoms with Crippen molar-refractivity contribution in [1.82, 2.24) is 0 Å². The van der Waals surface area contributed by atoms with Crippen LogP contribution < -0.4 is 0 Å². The van der Waals surface area contributed by atoms with Crippen molar-refractivity contribution in [1.29, 1.82) is 0 Å². The fraction of sp³-hybridized carbons (Fsp3) is 0.900. The molecule has 2 fully saturated rings. The summed E-state index contributed by atoms with van der Waals surface area (Å²) in [6.45, 7) is 12.6. The normalized spacial score (nSPS) is 41.7. The molecule has 2 aliphatic carbocycles. The van der Waals surface area contributed by atoms with Crippen LogP contribution in [0.2, 0.25) is 0 Å². The summed E-state index contributed by atoms with van der Waals surface area (Å²) in [5.41, 5.74) is 0.295. The Morgan fingerprint density at radius 3 is 2.43 bits per heavy atom. The smallest absolute Gasteiger partial charge is 0.169 e. The van der Waals surface area contributed by atoms with Crippen LogP contribution in [0.25, 0.3) is 0 Å². The molecular weight excluding hydrogens is 288 g/mol. The standard InChI is InChI=1S/C20H34O3/c1-6-7-10-20(21)15(2)8-9-16-17(3,4)13-19(14-18(16,20)5)22-11-12-23-19/h8,16,21H,6-7,9-14H2,1-5H3/t16-,18-,20+/m0/s1. The minimum Gasteiger partial charge on any atom is -0.385 e. The van der Waals surface area contributed by atoms with E-state index in [2.05, 4.69) is 40.7 Å². The number of hydrogen-bond donors (Lipinski definition) is 1. The molecule has 0 aromatic rings. The summed E-state index contributed by atoms with van der Waals surface area (Å²) in [6.07, 6.45) is 8.08. The van der Waals surface area contributed by atoms with Gasteiger partial charge in [-0.15, -0.1) is 0 Å². The molecule has 3 aliphatic rings. The highest BCUT2D eigenvalue weighted by atomic mass is 16.7. The molecule has 0 aromatic carbocycles. The molecule has 0 radical (unpaired) electrons. The Hall–Kier alpha value is -0.380. The fourth-order valence-electron chi connectivity index (χ4n) is 5.97. The number of unbranched alkanes of at least 4 members (excludes halogenated alkanes) is 1. The van der Waals surface area contributed by atoms with Crippen molar-refractivity contribution in [2.75, 3.05) is 13.2 Å². The van der Waals surface area contributed by atoms with Crippen LogP contribution in [0.4, 0.5) is 0 Å². The maximum absolute atomic E-state index is 11.8. The molecule has 3 nitrogen and oxygen atoms in total. The first-order valence-corrected chi connectivity index (χ1v) is 9.37. The second-order valence-corrected chi connectivity index (χ2v) is 9.01. The lowest BCUT2D eigenvalue weighted by atomic mass is 9.45. The molecule has 3 atom stereocenters. The van der Waals surface area contributed by atoms with Crippen LogP contribution in [0, 0.1) is 16.7 Å². The van der Waals surface area contributed by atoms with E-state index in [4.69, 9.17) is 9.47 Å². The van der Waals surface area contributed by atoms with Crippen LogP contribution in [-0.4, -0.2) is 29.7 Å². The topological polar surface area (TPSA) is 38.7 Å². The number of hydrogen-bond acceptors (Lipinski definition) is 3. The lowest BCUT2D eigenvalue weighted by molar-refractivity contribution is -0.273. The molecule has 0 bridgehead atoms. The van der Waals surface area contributed by atoms with Crippen molar-refractivity contribution in [3.8, 4) is 0 Å². The number of allylic oxidation sites excluding steroid dienone is 1. The monoisotopic (exact) mass is 322 g/mol. The Bertz CT molecular complexity index is 489. The molecule has 3 rings (SSSR count). The van der Waals surface area contributed by atoms with Crippen LogP contribution in [0.5, 0.6) is 0 Å². The zero-order chi connectivity index (χ0) is 16.9. The molecule has 0 amide bonds. The number of rotatable bonds is 3. The van der Waals surface area contributed by atoms with Gasteiger partial charge in [-0.2, -0.15) is 0 Å². The van der Waals surface area contributed by atoms with E-state index < -0.39 is 11.4 Å². The molecule has 1 spiro atoms. The zero-order valence-electron chi connectivity index (χ0n) is 15.6. The summed E-state index contributed by atoms with van der Waals surface area (Å²) in [4.78, 5) is 0. The van der Waals surface area contributed by atoms with Gasteiger partial charge in [0.25, 0.3) is 0 Å². The van der Waals surface area contributed by atoms with Crippen molar-refractivity contribution in [2.45, 2.75) is 84.5 Å². The van der Waals surface area contributed by atoms with Crippen molar-refractivity contribution in [2.24, 2.45) is 16.7 Å². The van der Waals surface area contributed by atoms with Gasteiger partial charge < -0.3 is 14.6 Å². The Kier molecular flexibility index (Phi) is 4.23. The van der Waals surface area contributed by atoms with Crippen molar-refractivity contribution in [3.63, 3.8) is 0 Å². The summed E-state index contributed by atoms with van der Waals surface area (Å²) in [5.74, 6) is -0.0361. The first-order valence-electron chi connectivity index (χ1n) is 9.37. The number of aliphatic hydroxyl groups is 1. The molecule has 1 aliphatic heterocycles. The molecule has 0 unspecified atom stereocenters. The van der Waals surface area contributed by atoms with Gasteiger partial charge in [0, 0.05) is 18.3 Å². The summed E-state index contributed by atoms with van der Waals surface area (Å²) in [6, 6.07) is 0. The predicted molar refractivity (Wildman–Crippen MR) is 92.1 cm³/mol. The van der Waals surface area contributed by atoms with Crippen LogP contribution >= 0.6 is 0 Å². The first-order chi connectivity index (χ1) is 10.7. The summed E-state index contributed by atoms with van der Waals surface area (Å²) >= 11 is 0. The van der Waals surface area contributed by atoms with Gasteiger partial charge in [-0.05, 0) is 36.7 Å². The third kappa shape index (κ3) is 2.51. The van der Waals surface area contributed by atoms with Gasteiger partial charge in [0.15, 0.2) is 5.79 Å². The van der Waals surface area contributed by atoms with Crippen molar-refractivity contribution < 1.29 is 14.6 Å². The largest absolute Gasteiger partial charge is 0.385 e. The van der Waals surface area contributed by atoms with E-state index in [0.717, 1.165) is 44.1 Å². The van der Waals surface area contributed by atoms with Crippen LogP contribution in [0.1, 0.15) is 73.1 Å². The highest BCUT2D eigenvalue weighted by molar-refractivity contribution is 5.28. The molecule has 0 aromatic heterocycles. The van der Waals surface area contributed by atoms with Gasteiger partial charge in [0.05, 0.1) is 18.8 Å². The molecule has 23 heavy (non-hydrogen) atoms. The van der Waals surface area contributed by atoms with E-state index in [1.54, 1.807) is 0 Å². The summed E-state index contributed by atoms with van der Waals surface area (Å²) in [7, 11) is 0. The highest BCUT2D eigenvalue weighted by Crippen LogP contribution is 2.65. The predicted octanol–water partition coefficient (Wildman–Crippen LogP) is 4.44. The molecule has 1 N–H and O–H groups in total. The molecule has 132 valence electrons. The summed E-state index contributed by atoms with van der Waals surface area (Å²) in [5, 5.41) is 11.8. The maximum Gasteiger partial charge on any atom is 0.169 e. The average Bonchev–Trinajstić information content (AvgIpc) is 2.88. The highest BCUT2D eigenvalue weighted by Gasteiger charge is 2.65. The van der Waals surface area contributed by atoms with Gasteiger partial charge in [-0.3, -0.25) is 0 Å². The first kappa shape index (κ1) is 17.4. The van der Waals surface area contributed by atoms with Crippen molar-refractivity contribution in [3.05, 3.63) is 11.6 Å². The molecule has 1 saturated carbocycles. The molecular formula is C20H34O3. The Morgan fingerprint density at radius 2 is 1.83 bits per heavy atom. The molecule has 1 heterocycles. The van der Waals surface area contributed by atoms with Gasteiger partial charge >= 0.3 is 0 Å². The molecule has 3 heteroatoms. The second kappa shape index (κ2) is 5.57. The Morgan fingerprint density at radius 1 is 1.17 bits per heavy atom. The SMILES string of the molecule is CCCC[C@@]1(O)C(C)=CC[C@H]2C(C)(C)CC3(C[C@@]21C)OCCO3. The maximum atomic E-state index is 11.8. The quantitative estimate of drug-likeness (QED) is 0.781. The van der Waals surface area contributed by atoms with Gasteiger partial charge in [0.1, 0.15) is 0 Å². The van der Waals surface area contributed by atoms with E-state index in [1.165, 1.54) is 0 Å². The van der Waals surface area contributed by atoms with Crippen LogP contribution in [0.15, 0.2) is 11.6 Å². The molecule has 1 saturated heterocycles. The third-order valence-corrected chi connectivity index (χ3v) is 7.04. The number of ether oxygens (including phenoxy) is 2. The second-order valence-electron chi connectivity index (χ2n) is 9.01. The Labute approximate surface area is 141 Å². The fourth-order valence-corrected chi connectivity index (χ4v) is 5.97. The van der Waals surface area contributed by atoms with E-state index in [1.807, 2.05) is 0 Å². The van der Waals surface area contributed by atoms with Gasteiger partial charge in [-0.25, -0.2) is 0 Å². The lowest BCUT2D eigenvalue weighted by Crippen LogP contribution is -2.64. The van der Waals surface area contributed by atoms with E-state index in [0.29, 0.717) is 19.1 Å². The van der Waals surface area contributed by atoms with E-state index >= 15 is 0 Å². The minimum absolute atomic E-state index is 0.0920. The minimum atomic E-state index is -0.744. The van der Waals surface area contributed by atoms with Crippen LogP contribution in [0.3, 0.4) is 0 Å².